The van der Waals surface area contributed by atoms with Crippen molar-refractivity contribution in [2.75, 3.05) is 0 Å². The zero-order valence-electron chi connectivity index (χ0n) is 13.4. The molecule has 0 amide bonds. The minimum Gasteiger partial charge on any atom is -0.432 e. The van der Waals surface area contributed by atoms with Crippen molar-refractivity contribution in [3.8, 4) is 0 Å². The van der Waals surface area contributed by atoms with Crippen LogP contribution in [0.1, 0.15) is 18.3 Å². The molecule has 120 valence electrons. The number of carbonyl (C=O) groups excluding carboxylic acids is 1. The molecule has 0 atom stereocenters. The minimum absolute atomic E-state index is 0.208. The first-order valence-electron chi connectivity index (χ1n) is 7.49. The van der Waals surface area contributed by atoms with E-state index in [9.17, 15) is 9.59 Å². The molecule has 0 radical (unpaired) electrons. The quantitative estimate of drug-likeness (QED) is 0.549. The number of benzene rings is 2. The van der Waals surface area contributed by atoms with E-state index < -0.39 is 5.97 Å². The Balaban J connectivity index is 2.29. The number of hydrogen-bond acceptors (Lipinski definition) is 4. The smallest absolute Gasteiger partial charge is 0.307 e. The van der Waals surface area contributed by atoms with Crippen LogP contribution in [0.5, 0.6) is 0 Å². The van der Waals surface area contributed by atoms with Crippen molar-refractivity contribution in [3.05, 3.63) is 82.6 Å². The Morgan fingerprint density at radius 1 is 1.08 bits per heavy atom. The molecular formula is C19H16N2O3. The summed E-state index contributed by atoms with van der Waals surface area (Å²) in [5.41, 5.74) is 1.64. The van der Waals surface area contributed by atoms with Gasteiger partial charge in [-0.15, -0.1) is 0 Å². The number of aromatic nitrogens is 2. The van der Waals surface area contributed by atoms with Gasteiger partial charge in [-0.3, -0.25) is 14.2 Å². The van der Waals surface area contributed by atoms with Crippen LogP contribution in [0.3, 0.4) is 0 Å². The van der Waals surface area contributed by atoms with E-state index in [1.54, 1.807) is 25.1 Å². The fraction of sp³-hybridized carbons (Fsp3) is 0.105. The number of fused-ring (bicyclic) bond motifs is 1. The summed E-state index contributed by atoms with van der Waals surface area (Å²) in [7, 11) is 0. The van der Waals surface area contributed by atoms with Gasteiger partial charge in [0.1, 0.15) is 12.1 Å². The summed E-state index contributed by atoms with van der Waals surface area (Å²) >= 11 is 0. The molecule has 3 aromatic rings. The summed E-state index contributed by atoms with van der Waals surface area (Å²) in [6, 6.07) is 16.4. The highest BCUT2D eigenvalue weighted by molar-refractivity contribution is 5.79. The molecule has 0 aliphatic rings. The van der Waals surface area contributed by atoms with Gasteiger partial charge < -0.3 is 4.74 Å². The second-order valence-corrected chi connectivity index (χ2v) is 5.30. The fourth-order valence-corrected chi connectivity index (χ4v) is 2.52. The van der Waals surface area contributed by atoms with Gasteiger partial charge in [0, 0.05) is 12.5 Å². The molecule has 0 saturated heterocycles. The Bertz CT molecular complexity index is 988. The number of carbonyl (C=O) groups is 1. The van der Waals surface area contributed by atoms with Gasteiger partial charge in [-0.2, -0.15) is 0 Å². The largest absolute Gasteiger partial charge is 0.432 e. The molecule has 1 aromatic heterocycles. The molecule has 0 bridgehead atoms. The van der Waals surface area contributed by atoms with Crippen LogP contribution in [0, 0.1) is 6.92 Å². The summed E-state index contributed by atoms with van der Waals surface area (Å²) in [5, 5.41) is 0.507. The Morgan fingerprint density at radius 2 is 1.75 bits per heavy atom. The molecule has 0 aliphatic carbocycles. The van der Waals surface area contributed by atoms with Crippen LogP contribution in [0.25, 0.3) is 16.6 Å². The van der Waals surface area contributed by atoms with Crippen LogP contribution >= 0.6 is 0 Å². The van der Waals surface area contributed by atoms with Gasteiger partial charge in [-0.05, 0) is 19.1 Å². The van der Waals surface area contributed by atoms with Crippen molar-refractivity contribution in [2.24, 2.45) is 0 Å². The number of para-hydroxylation sites is 1. The SMILES string of the molecule is CC(=O)O/C=C(/c1ccccc1)n1c(C)nc2ccccc2c1=O. The summed E-state index contributed by atoms with van der Waals surface area (Å²) < 4.78 is 6.51. The second-order valence-electron chi connectivity index (χ2n) is 5.30. The maximum atomic E-state index is 13.0. The summed E-state index contributed by atoms with van der Waals surface area (Å²) in [6.45, 7) is 3.06. The van der Waals surface area contributed by atoms with Crippen molar-refractivity contribution in [2.45, 2.75) is 13.8 Å². The van der Waals surface area contributed by atoms with Crippen molar-refractivity contribution in [3.63, 3.8) is 0 Å². The molecule has 0 aliphatic heterocycles. The van der Waals surface area contributed by atoms with E-state index in [4.69, 9.17) is 4.74 Å². The predicted octanol–water partition coefficient (Wildman–Crippen LogP) is 3.11. The zero-order chi connectivity index (χ0) is 17.1. The molecule has 0 fully saturated rings. The van der Waals surface area contributed by atoms with Gasteiger partial charge in [-0.25, -0.2) is 4.98 Å². The van der Waals surface area contributed by atoms with Crippen LogP contribution < -0.4 is 5.56 Å². The van der Waals surface area contributed by atoms with Gasteiger partial charge in [0.2, 0.25) is 0 Å². The molecule has 0 saturated carbocycles. The number of nitrogens with zero attached hydrogens (tertiary/aromatic N) is 2. The van der Waals surface area contributed by atoms with Gasteiger partial charge in [0.15, 0.2) is 0 Å². The topological polar surface area (TPSA) is 61.2 Å². The van der Waals surface area contributed by atoms with Crippen molar-refractivity contribution in [1.29, 1.82) is 0 Å². The Hall–Kier alpha value is -3.21. The molecule has 24 heavy (non-hydrogen) atoms. The molecule has 5 heteroatoms. The predicted molar refractivity (Wildman–Crippen MR) is 92.3 cm³/mol. The molecule has 0 unspecified atom stereocenters. The monoisotopic (exact) mass is 320 g/mol. The van der Waals surface area contributed by atoms with E-state index in [-0.39, 0.29) is 5.56 Å². The lowest BCUT2D eigenvalue weighted by atomic mass is 10.1. The Labute approximate surface area is 138 Å². The molecular weight excluding hydrogens is 304 g/mol. The van der Waals surface area contributed by atoms with Gasteiger partial charge in [0.25, 0.3) is 5.56 Å². The number of esters is 1. The highest BCUT2D eigenvalue weighted by Crippen LogP contribution is 2.18. The summed E-state index contributed by atoms with van der Waals surface area (Å²) in [5.74, 6) is 0.0591. The standard InChI is InChI=1S/C19H16N2O3/c1-13-20-17-11-7-6-10-16(17)19(23)21(13)18(12-24-14(2)22)15-8-4-3-5-9-15/h3-12H,1-2H3/b18-12-. The minimum atomic E-state index is -0.456. The van der Waals surface area contributed by atoms with Crippen molar-refractivity contribution in [1.82, 2.24) is 9.55 Å². The highest BCUT2D eigenvalue weighted by atomic mass is 16.5. The van der Waals surface area contributed by atoms with Crippen LogP contribution in [0.4, 0.5) is 0 Å². The zero-order valence-corrected chi connectivity index (χ0v) is 13.4. The lowest BCUT2D eigenvalue weighted by Crippen LogP contribution is -2.24. The summed E-state index contributed by atoms with van der Waals surface area (Å²) in [6.07, 6.45) is 1.29. The first kappa shape index (κ1) is 15.7. The van der Waals surface area contributed by atoms with Crippen LogP contribution in [0.2, 0.25) is 0 Å². The van der Waals surface area contributed by atoms with E-state index >= 15 is 0 Å². The third-order valence-corrected chi connectivity index (χ3v) is 3.59. The summed E-state index contributed by atoms with van der Waals surface area (Å²) in [4.78, 5) is 28.7. The molecule has 0 spiro atoms. The fourth-order valence-electron chi connectivity index (χ4n) is 2.52. The molecule has 1 heterocycles. The second kappa shape index (κ2) is 6.50. The molecule has 2 aromatic carbocycles. The van der Waals surface area contributed by atoms with E-state index in [1.165, 1.54) is 17.8 Å². The maximum Gasteiger partial charge on any atom is 0.307 e. The van der Waals surface area contributed by atoms with Crippen LogP contribution in [0.15, 0.2) is 65.7 Å². The molecule has 0 N–H and O–H groups in total. The number of ether oxygens (including phenoxy) is 1. The van der Waals surface area contributed by atoms with E-state index in [0.717, 1.165) is 5.56 Å². The van der Waals surface area contributed by atoms with E-state index in [2.05, 4.69) is 4.98 Å². The lowest BCUT2D eigenvalue weighted by Gasteiger charge is -2.14. The van der Waals surface area contributed by atoms with Gasteiger partial charge in [0.05, 0.1) is 16.6 Å². The van der Waals surface area contributed by atoms with Crippen molar-refractivity contribution < 1.29 is 9.53 Å². The molecule has 3 rings (SSSR count). The first-order chi connectivity index (χ1) is 11.6. The maximum absolute atomic E-state index is 13.0. The normalized spacial score (nSPS) is 11.5. The average molecular weight is 320 g/mol. The Kier molecular flexibility index (Phi) is 4.24. The highest BCUT2D eigenvalue weighted by Gasteiger charge is 2.14. The average Bonchev–Trinajstić information content (AvgIpc) is 2.58. The Morgan fingerprint density at radius 3 is 2.46 bits per heavy atom. The molecule has 5 nitrogen and oxygen atoms in total. The van der Waals surface area contributed by atoms with E-state index in [1.807, 2.05) is 36.4 Å². The van der Waals surface area contributed by atoms with Gasteiger partial charge >= 0.3 is 5.97 Å². The van der Waals surface area contributed by atoms with Gasteiger partial charge in [-0.1, -0.05) is 42.5 Å². The lowest BCUT2D eigenvalue weighted by molar-refractivity contribution is -0.135. The number of aryl methyl sites for hydroxylation is 1. The first-order valence-corrected chi connectivity index (χ1v) is 7.49. The van der Waals surface area contributed by atoms with Crippen LogP contribution in [-0.2, 0) is 9.53 Å². The van der Waals surface area contributed by atoms with Crippen molar-refractivity contribution >= 4 is 22.6 Å². The third-order valence-electron chi connectivity index (χ3n) is 3.59. The number of rotatable bonds is 3. The van der Waals surface area contributed by atoms with E-state index in [0.29, 0.717) is 22.4 Å². The van der Waals surface area contributed by atoms with Crippen LogP contribution in [-0.4, -0.2) is 15.5 Å². The third kappa shape index (κ3) is 2.96. The number of hydrogen-bond donors (Lipinski definition) is 0.